The van der Waals surface area contributed by atoms with Gasteiger partial charge in [0.05, 0.1) is 6.04 Å². The summed E-state index contributed by atoms with van der Waals surface area (Å²) in [5.74, 6) is -1.43. The van der Waals surface area contributed by atoms with E-state index in [2.05, 4.69) is 6.07 Å². The van der Waals surface area contributed by atoms with Gasteiger partial charge in [-0.05, 0) is 30.9 Å². The van der Waals surface area contributed by atoms with E-state index in [-0.39, 0.29) is 23.8 Å². The number of hydrogen-bond acceptors (Lipinski definition) is 4. The van der Waals surface area contributed by atoms with Crippen molar-refractivity contribution in [2.24, 2.45) is 0 Å². The number of rotatable bonds is 3. The third-order valence-electron chi connectivity index (χ3n) is 3.05. The number of aryl methyl sites for hydroxylation is 1. The van der Waals surface area contributed by atoms with E-state index in [4.69, 9.17) is 5.11 Å². The Balaban J connectivity index is 2.34. The number of carbonyl (C=O) groups excluding carboxylic acids is 1. The molecule has 0 bridgehead atoms. The Morgan fingerprint density at radius 3 is 2.83 bits per heavy atom. The van der Waals surface area contributed by atoms with Crippen LogP contribution in [-0.4, -0.2) is 28.3 Å². The quantitative estimate of drug-likeness (QED) is 0.852. The fourth-order valence-corrected chi connectivity index (χ4v) is 3.13. The van der Waals surface area contributed by atoms with Crippen molar-refractivity contribution in [3.8, 4) is 0 Å². The first-order valence-corrected chi connectivity index (χ1v) is 6.70. The van der Waals surface area contributed by atoms with Crippen LogP contribution in [0.2, 0.25) is 0 Å². The van der Waals surface area contributed by atoms with Gasteiger partial charge in [0.25, 0.3) is 0 Å². The average Bonchev–Trinajstić information content (AvgIpc) is 2.75. The minimum absolute atomic E-state index is 0.0238. The molecule has 1 N–H and O–H groups in total. The van der Waals surface area contributed by atoms with Gasteiger partial charge in [0.1, 0.15) is 5.57 Å². The SMILES string of the molecule is CCN1C=C(C(=O)O)C(=O)CC1c1cc(C)cs1. The molecule has 0 amide bonds. The highest BCUT2D eigenvalue weighted by molar-refractivity contribution is 7.10. The number of thiophene rings is 1. The second-order valence-electron chi connectivity index (χ2n) is 4.35. The molecule has 1 unspecified atom stereocenters. The monoisotopic (exact) mass is 265 g/mol. The topological polar surface area (TPSA) is 57.6 Å². The molecule has 0 spiro atoms. The molecule has 1 aromatic rings. The highest BCUT2D eigenvalue weighted by Gasteiger charge is 2.31. The molecule has 1 aliphatic rings. The van der Waals surface area contributed by atoms with Crippen LogP contribution in [-0.2, 0) is 9.59 Å². The lowest BCUT2D eigenvalue weighted by Gasteiger charge is -2.32. The molecule has 0 saturated heterocycles. The van der Waals surface area contributed by atoms with Gasteiger partial charge in [-0.2, -0.15) is 0 Å². The lowest BCUT2D eigenvalue weighted by molar-refractivity contribution is -0.135. The van der Waals surface area contributed by atoms with E-state index in [1.54, 1.807) is 11.3 Å². The van der Waals surface area contributed by atoms with Gasteiger partial charge in [-0.1, -0.05) is 0 Å². The minimum atomic E-state index is -1.14. The van der Waals surface area contributed by atoms with Crippen molar-refractivity contribution >= 4 is 23.1 Å². The summed E-state index contributed by atoms with van der Waals surface area (Å²) >= 11 is 1.62. The van der Waals surface area contributed by atoms with E-state index in [0.717, 1.165) is 4.88 Å². The van der Waals surface area contributed by atoms with E-state index in [1.165, 1.54) is 11.8 Å². The number of ketones is 1. The van der Waals surface area contributed by atoms with Crippen molar-refractivity contribution in [1.82, 2.24) is 4.90 Å². The number of nitrogens with zero attached hydrogens (tertiary/aromatic N) is 1. The lowest BCUT2D eigenvalue weighted by Crippen LogP contribution is -2.33. The summed E-state index contributed by atoms with van der Waals surface area (Å²) in [5, 5.41) is 11.0. The molecule has 2 heterocycles. The minimum Gasteiger partial charge on any atom is -0.478 e. The first-order chi connectivity index (χ1) is 8.52. The molecule has 5 heteroatoms. The van der Waals surface area contributed by atoms with Crippen molar-refractivity contribution in [2.75, 3.05) is 6.54 Å². The van der Waals surface area contributed by atoms with Crippen LogP contribution in [0.15, 0.2) is 23.2 Å². The first-order valence-electron chi connectivity index (χ1n) is 5.82. The van der Waals surface area contributed by atoms with Crippen molar-refractivity contribution in [3.05, 3.63) is 33.7 Å². The summed E-state index contributed by atoms with van der Waals surface area (Å²) in [4.78, 5) is 25.8. The zero-order valence-corrected chi connectivity index (χ0v) is 11.2. The van der Waals surface area contributed by atoms with E-state index in [9.17, 15) is 9.59 Å². The van der Waals surface area contributed by atoms with Crippen LogP contribution >= 0.6 is 11.3 Å². The Bertz CT molecular complexity index is 518. The molecule has 18 heavy (non-hydrogen) atoms. The van der Waals surface area contributed by atoms with Crippen molar-refractivity contribution in [3.63, 3.8) is 0 Å². The molecule has 0 aliphatic carbocycles. The lowest BCUT2D eigenvalue weighted by atomic mass is 9.97. The Morgan fingerprint density at radius 1 is 1.61 bits per heavy atom. The summed E-state index contributed by atoms with van der Waals surface area (Å²) in [6.07, 6.45) is 1.72. The van der Waals surface area contributed by atoms with Crippen LogP contribution in [0, 0.1) is 6.92 Å². The van der Waals surface area contributed by atoms with Gasteiger partial charge < -0.3 is 10.0 Å². The summed E-state index contributed by atoms with van der Waals surface area (Å²) in [6.45, 7) is 4.66. The highest BCUT2D eigenvalue weighted by Crippen LogP contribution is 2.34. The van der Waals surface area contributed by atoms with Gasteiger partial charge in [-0.25, -0.2) is 4.79 Å². The smallest absolute Gasteiger partial charge is 0.340 e. The number of Topliss-reactive ketones (excluding diaryl/α,β-unsaturated/α-hetero) is 1. The molecule has 0 fully saturated rings. The van der Waals surface area contributed by atoms with Gasteiger partial charge in [0.15, 0.2) is 5.78 Å². The van der Waals surface area contributed by atoms with Gasteiger partial charge >= 0.3 is 5.97 Å². The largest absolute Gasteiger partial charge is 0.478 e. The van der Waals surface area contributed by atoms with Crippen LogP contribution in [0.3, 0.4) is 0 Å². The van der Waals surface area contributed by atoms with Crippen molar-refractivity contribution in [2.45, 2.75) is 26.3 Å². The molecule has 1 aliphatic heterocycles. The molecule has 0 radical (unpaired) electrons. The average molecular weight is 265 g/mol. The molecule has 0 saturated carbocycles. The summed E-state index contributed by atoms with van der Waals surface area (Å²) in [5.41, 5.74) is 1.06. The third-order valence-corrected chi connectivity index (χ3v) is 4.20. The molecule has 4 nitrogen and oxygen atoms in total. The molecule has 2 rings (SSSR count). The van der Waals surface area contributed by atoms with E-state index in [1.807, 2.05) is 24.1 Å². The summed E-state index contributed by atoms with van der Waals surface area (Å²) in [6, 6.07) is 2.04. The fourth-order valence-electron chi connectivity index (χ4n) is 2.11. The summed E-state index contributed by atoms with van der Waals surface area (Å²) < 4.78 is 0. The van der Waals surface area contributed by atoms with Crippen LogP contribution < -0.4 is 0 Å². The molecule has 96 valence electrons. The Labute approximate surface area is 110 Å². The van der Waals surface area contributed by atoms with Gasteiger partial charge in [0, 0.05) is 24.0 Å². The number of carbonyl (C=O) groups is 2. The number of carboxylic acids is 1. The first kappa shape index (κ1) is 12.8. The van der Waals surface area contributed by atoms with E-state index >= 15 is 0 Å². The zero-order chi connectivity index (χ0) is 13.3. The van der Waals surface area contributed by atoms with E-state index < -0.39 is 5.97 Å². The third kappa shape index (κ3) is 2.31. The predicted octanol–water partition coefficient (Wildman–Crippen LogP) is 2.36. The normalized spacial score (nSPS) is 19.9. The van der Waals surface area contributed by atoms with Gasteiger partial charge in [0.2, 0.25) is 0 Å². The maximum absolute atomic E-state index is 11.8. The second kappa shape index (κ2) is 4.94. The van der Waals surface area contributed by atoms with Crippen molar-refractivity contribution < 1.29 is 14.7 Å². The van der Waals surface area contributed by atoms with Crippen LogP contribution in [0.5, 0.6) is 0 Å². The van der Waals surface area contributed by atoms with Crippen LogP contribution in [0.25, 0.3) is 0 Å². The fraction of sp³-hybridized carbons (Fsp3) is 0.385. The summed E-state index contributed by atoms with van der Waals surface area (Å²) in [7, 11) is 0. The van der Waals surface area contributed by atoms with E-state index in [0.29, 0.717) is 6.54 Å². The van der Waals surface area contributed by atoms with Crippen LogP contribution in [0.1, 0.15) is 29.8 Å². The Hall–Kier alpha value is -1.62. The zero-order valence-electron chi connectivity index (χ0n) is 10.3. The number of hydrogen-bond donors (Lipinski definition) is 1. The molecule has 1 atom stereocenters. The van der Waals surface area contributed by atoms with Gasteiger partial charge in [-0.3, -0.25) is 4.79 Å². The predicted molar refractivity (Wildman–Crippen MR) is 69.5 cm³/mol. The number of aliphatic carboxylic acids is 1. The maximum atomic E-state index is 11.8. The van der Waals surface area contributed by atoms with Crippen LogP contribution in [0.4, 0.5) is 0 Å². The Kier molecular flexibility index (Phi) is 3.52. The molecular weight excluding hydrogens is 250 g/mol. The van der Waals surface area contributed by atoms with Gasteiger partial charge in [-0.15, -0.1) is 11.3 Å². The second-order valence-corrected chi connectivity index (χ2v) is 5.29. The number of carboxylic acid groups (broad SMARTS) is 1. The molecule has 0 aromatic carbocycles. The maximum Gasteiger partial charge on any atom is 0.340 e. The van der Waals surface area contributed by atoms with Crippen molar-refractivity contribution in [1.29, 1.82) is 0 Å². The highest BCUT2D eigenvalue weighted by atomic mass is 32.1. The molecule has 1 aromatic heterocycles. The molecular formula is C13H15NO3S. The Morgan fingerprint density at radius 2 is 2.33 bits per heavy atom. The standard InChI is InChI=1S/C13H15NO3S/c1-3-14-6-9(13(16)17)11(15)5-10(14)12-4-8(2)7-18-12/h4,6-7,10H,3,5H2,1-2H3,(H,16,17).